The number of thioether (sulfide) groups is 1. The van der Waals surface area contributed by atoms with Crippen molar-refractivity contribution in [2.45, 2.75) is 42.3 Å². The molecule has 1 aliphatic rings. The maximum Gasteiger partial charge on any atom is 0.301 e. The molecule has 1 N–H and O–H groups in total. The van der Waals surface area contributed by atoms with Gasteiger partial charge in [0.2, 0.25) is 5.13 Å². The van der Waals surface area contributed by atoms with E-state index in [0.717, 1.165) is 24.8 Å². The summed E-state index contributed by atoms with van der Waals surface area (Å²) in [5.74, 6) is -0.249. The lowest BCUT2D eigenvalue weighted by Crippen LogP contribution is -2.29. The van der Waals surface area contributed by atoms with Crippen molar-refractivity contribution in [3.05, 3.63) is 99.0 Å². The highest BCUT2D eigenvalue weighted by Crippen LogP contribution is 2.45. The first kappa shape index (κ1) is 31.8. The van der Waals surface area contributed by atoms with Crippen LogP contribution in [0.15, 0.2) is 76.6 Å². The van der Waals surface area contributed by atoms with Gasteiger partial charge in [0.25, 0.3) is 5.78 Å². The summed E-state index contributed by atoms with van der Waals surface area (Å²) < 4.78 is 11.8. The standard InChI is InChI=1S/C32H29Cl2N3O5S2/c1-3-4-5-15-42-24-8-6-7-20(16-24)27-26(28(38)19-10-13-23(41-2)14-11-19)29(39)30(40)37(27)31-35-36-32(44-31)43-18-21-9-12-22(33)17-25(21)34/h6-14,16-17,27,38H,3-5,15,18H2,1-2H3. The summed E-state index contributed by atoms with van der Waals surface area (Å²) >= 11 is 14.9. The Labute approximate surface area is 273 Å². The molecule has 44 heavy (non-hydrogen) atoms. The number of ketones is 1. The molecule has 0 saturated carbocycles. The van der Waals surface area contributed by atoms with Crippen LogP contribution in [0.3, 0.4) is 0 Å². The van der Waals surface area contributed by atoms with E-state index in [1.807, 2.05) is 12.1 Å². The number of rotatable bonds is 12. The molecular weight excluding hydrogens is 641 g/mol. The van der Waals surface area contributed by atoms with Gasteiger partial charge in [-0.1, -0.05) is 84.3 Å². The molecule has 228 valence electrons. The minimum absolute atomic E-state index is 0.0550. The number of aliphatic hydroxyl groups is 1. The monoisotopic (exact) mass is 669 g/mol. The molecule has 1 aromatic heterocycles. The van der Waals surface area contributed by atoms with Crippen molar-refractivity contribution in [3.8, 4) is 11.5 Å². The van der Waals surface area contributed by atoms with Gasteiger partial charge in [-0.2, -0.15) is 0 Å². The van der Waals surface area contributed by atoms with E-state index in [1.165, 1.54) is 35.1 Å². The second kappa shape index (κ2) is 14.5. The predicted octanol–water partition coefficient (Wildman–Crippen LogP) is 8.34. The van der Waals surface area contributed by atoms with E-state index in [-0.39, 0.29) is 16.5 Å². The Morgan fingerprint density at radius 2 is 1.82 bits per heavy atom. The molecule has 0 bridgehead atoms. The number of Topliss-reactive ketones (excluding diaryl/α,β-unsaturated/α-hetero) is 1. The number of hydrogen-bond donors (Lipinski definition) is 1. The minimum atomic E-state index is -0.965. The molecule has 12 heteroatoms. The molecule has 1 fully saturated rings. The molecular formula is C32H29Cl2N3O5S2. The van der Waals surface area contributed by atoms with Crippen LogP contribution in [-0.2, 0) is 15.3 Å². The fraction of sp³-hybridized carbons (Fsp3) is 0.250. The summed E-state index contributed by atoms with van der Waals surface area (Å²) in [4.78, 5) is 28.5. The van der Waals surface area contributed by atoms with Gasteiger partial charge < -0.3 is 14.6 Å². The highest BCUT2D eigenvalue weighted by molar-refractivity contribution is 8.00. The number of anilines is 1. The normalized spacial score (nSPS) is 16.0. The van der Waals surface area contributed by atoms with Gasteiger partial charge in [-0.15, -0.1) is 10.2 Å². The number of hydrogen-bond acceptors (Lipinski definition) is 9. The molecule has 1 atom stereocenters. The quantitative estimate of drug-likeness (QED) is 0.0401. The SMILES string of the molecule is CCCCCOc1cccc(C2C(=C(O)c3ccc(OC)cc3)C(=O)C(=O)N2c2nnc(SCc3ccc(Cl)cc3Cl)s2)c1. The van der Waals surface area contributed by atoms with E-state index < -0.39 is 17.7 Å². The van der Waals surface area contributed by atoms with Gasteiger partial charge in [-0.25, -0.2) is 0 Å². The van der Waals surface area contributed by atoms with Crippen molar-refractivity contribution in [3.63, 3.8) is 0 Å². The van der Waals surface area contributed by atoms with E-state index in [4.69, 9.17) is 32.7 Å². The molecule has 1 amide bonds. The van der Waals surface area contributed by atoms with Crippen molar-refractivity contribution in [1.29, 1.82) is 0 Å². The molecule has 5 rings (SSSR count). The summed E-state index contributed by atoms with van der Waals surface area (Å²) in [6.45, 7) is 2.66. The van der Waals surface area contributed by atoms with Gasteiger partial charge >= 0.3 is 5.91 Å². The molecule has 2 heterocycles. The number of carbonyl (C=O) groups excluding carboxylic acids is 2. The maximum absolute atomic E-state index is 13.6. The van der Waals surface area contributed by atoms with E-state index in [1.54, 1.807) is 54.6 Å². The van der Waals surface area contributed by atoms with Crippen molar-refractivity contribution in [2.24, 2.45) is 0 Å². The number of methoxy groups -OCH3 is 1. The molecule has 4 aromatic rings. The smallest absolute Gasteiger partial charge is 0.301 e. The van der Waals surface area contributed by atoms with E-state index >= 15 is 0 Å². The number of ether oxygens (including phenoxy) is 2. The van der Waals surface area contributed by atoms with Crippen molar-refractivity contribution < 1.29 is 24.2 Å². The average molecular weight is 671 g/mol. The first-order chi connectivity index (χ1) is 21.3. The Morgan fingerprint density at radius 3 is 2.55 bits per heavy atom. The Hall–Kier alpha value is -3.57. The third kappa shape index (κ3) is 7.04. The van der Waals surface area contributed by atoms with Crippen LogP contribution in [0.5, 0.6) is 11.5 Å². The highest BCUT2D eigenvalue weighted by atomic mass is 35.5. The highest BCUT2D eigenvalue weighted by Gasteiger charge is 2.48. The number of carbonyl (C=O) groups is 2. The fourth-order valence-corrected chi connectivity index (χ4v) is 7.13. The number of nitrogens with zero attached hydrogens (tertiary/aromatic N) is 3. The second-order valence-electron chi connectivity index (χ2n) is 9.90. The van der Waals surface area contributed by atoms with Crippen LogP contribution in [0, 0.1) is 0 Å². The number of unbranched alkanes of at least 4 members (excludes halogenated alkanes) is 2. The third-order valence-electron chi connectivity index (χ3n) is 6.97. The lowest BCUT2D eigenvalue weighted by molar-refractivity contribution is -0.132. The number of benzene rings is 3. The Bertz CT molecular complexity index is 1690. The van der Waals surface area contributed by atoms with Crippen LogP contribution in [0.1, 0.15) is 48.9 Å². The lowest BCUT2D eigenvalue weighted by Gasteiger charge is -2.23. The van der Waals surface area contributed by atoms with Crippen molar-refractivity contribution in [1.82, 2.24) is 10.2 Å². The summed E-state index contributed by atoms with van der Waals surface area (Å²) in [5.41, 5.74) is 1.77. The topological polar surface area (TPSA) is 102 Å². The molecule has 0 spiro atoms. The number of amides is 1. The van der Waals surface area contributed by atoms with Gasteiger partial charge in [-0.05, 0) is 66.1 Å². The van der Waals surface area contributed by atoms with Crippen LogP contribution in [0.2, 0.25) is 10.0 Å². The molecule has 1 unspecified atom stereocenters. The molecule has 0 aliphatic carbocycles. The third-order valence-corrected chi connectivity index (χ3v) is 9.66. The second-order valence-corrected chi connectivity index (χ2v) is 12.9. The van der Waals surface area contributed by atoms with Gasteiger partial charge in [0.1, 0.15) is 17.3 Å². The zero-order valence-electron chi connectivity index (χ0n) is 24.0. The summed E-state index contributed by atoms with van der Waals surface area (Å²) in [6.07, 6.45) is 3.02. The first-order valence-corrected chi connectivity index (χ1v) is 16.4. The van der Waals surface area contributed by atoms with Crippen LogP contribution in [0.4, 0.5) is 5.13 Å². The summed E-state index contributed by atoms with van der Waals surface area (Å²) in [7, 11) is 1.54. The average Bonchev–Trinajstić information content (AvgIpc) is 3.60. The number of aliphatic hydroxyl groups excluding tert-OH is 1. The first-order valence-electron chi connectivity index (χ1n) is 13.9. The van der Waals surface area contributed by atoms with Crippen LogP contribution < -0.4 is 14.4 Å². The fourth-order valence-electron chi connectivity index (χ4n) is 4.70. The number of halogens is 2. The van der Waals surface area contributed by atoms with Crippen molar-refractivity contribution in [2.75, 3.05) is 18.6 Å². The van der Waals surface area contributed by atoms with Gasteiger partial charge in [0.15, 0.2) is 4.34 Å². The Balaban J connectivity index is 1.51. The van der Waals surface area contributed by atoms with E-state index in [2.05, 4.69) is 17.1 Å². The van der Waals surface area contributed by atoms with E-state index in [0.29, 0.717) is 49.4 Å². The van der Waals surface area contributed by atoms with Gasteiger partial charge in [0.05, 0.1) is 25.3 Å². The zero-order chi connectivity index (χ0) is 31.2. The molecule has 8 nitrogen and oxygen atoms in total. The molecule has 1 saturated heterocycles. The molecule has 1 aliphatic heterocycles. The largest absolute Gasteiger partial charge is 0.507 e. The lowest BCUT2D eigenvalue weighted by atomic mass is 9.95. The van der Waals surface area contributed by atoms with Crippen LogP contribution >= 0.6 is 46.3 Å². The maximum atomic E-state index is 13.6. The Morgan fingerprint density at radius 1 is 1.02 bits per heavy atom. The molecule has 0 radical (unpaired) electrons. The minimum Gasteiger partial charge on any atom is -0.507 e. The summed E-state index contributed by atoms with van der Waals surface area (Å²) in [5, 5.41) is 21.3. The number of aromatic nitrogens is 2. The Kier molecular flexibility index (Phi) is 10.5. The predicted molar refractivity (Wildman–Crippen MR) is 175 cm³/mol. The van der Waals surface area contributed by atoms with Gasteiger partial charge in [0, 0.05) is 21.4 Å². The van der Waals surface area contributed by atoms with Crippen LogP contribution in [-0.4, -0.2) is 40.7 Å². The van der Waals surface area contributed by atoms with Crippen LogP contribution in [0.25, 0.3) is 5.76 Å². The summed E-state index contributed by atoms with van der Waals surface area (Å²) in [6, 6.07) is 18.1. The van der Waals surface area contributed by atoms with Crippen molar-refractivity contribution >= 4 is 68.9 Å². The van der Waals surface area contributed by atoms with Gasteiger partial charge in [-0.3, -0.25) is 14.5 Å². The van der Waals surface area contributed by atoms with E-state index in [9.17, 15) is 14.7 Å². The zero-order valence-corrected chi connectivity index (χ0v) is 27.1. The molecule has 3 aromatic carbocycles.